The van der Waals surface area contributed by atoms with Crippen molar-refractivity contribution < 1.29 is 14.3 Å². The Labute approximate surface area is 105 Å². The quantitative estimate of drug-likeness (QED) is 0.786. The van der Waals surface area contributed by atoms with Crippen LogP contribution in [0.25, 0.3) is 0 Å². The number of ketones is 1. The van der Waals surface area contributed by atoms with E-state index in [2.05, 4.69) is 10.6 Å². The Bertz CT molecular complexity index is 543. The number of carbonyl (C=O) groups is 2. The summed E-state index contributed by atoms with van der Waals surface area (Å²) in [5, 5.41) is 5.51. The van der Waals surface area contributed by atoms with Crippen LogP contribution in [0.15, 0.2) is 24.3 Å². The number of benzene rings is 1. The molecule has 2 N–H and O–H groups in total. The number of ether oxygens (including phenoxy) is 1. The van der Waals surface area contributed by atoms with Gasteiger partial charge in [0.2, 0.25) is 0 Å². The third-order valence-corrected chi connectivity index (χ3v) is 3.59. The van der Waals surface area contributed by atoms with Gasteiger partial charge in [-0.15, -0.1) is 0 Å². The van der Waals surface area contributed by atoms with E-state index in [0.717, 1.165) is 5.56 Å². The molecule has 2 aliphatic rings. The molecular formula is C13H14N2O3. The molecule has 1 aromatic carbocycles. The lowest BCUT2D eigenvalue weighted by molar-refractivity contribution is -0.134. The van der Waals surface area contributed by atoms with Gasteiger partial charge in [-0.05, 0) is 19.9 Å². The fourth-order valence-electron chi connectivity index (χ4n) is 2.91. The van der Waals surface area contributed by atoms with Crippen molar-refractivity contribution in [3.63, 3.8) is 0 Å². The molecule has 94 valence electrons. The Kier molecular flexibility index (Phi) is 2.14. The molecule has 2 aliphatic heterocycles. The minimum Gasteiger partial charge on any atom is -0.467 e. The van der Waals surface area contributed by atoms with Crippen molar-refractivity contribution in [1.82, 2.24) is 10.6 Å². The Balaban J connectivity index is 2.17. The number of carbonyl (C=O) groups excluding carboxylic acids is 2. The van der Waals surface area contributed by atoms with Gasteiger partial charge in [-0.3, -0.25) is 10.1 Å². The van der Waals surface area contributed by atoms with Crippen LogP contribution < -0.4 is 15.4 Å². The second-order valence-electron chi connectivity index (χ2n) is 4.91. The molecule has 2 heterocycles. The van der Waals surface area contributed by atoms with E-state index in [1.165, 1.54) is 6.92 Å². The van der Waals surface area contributed by atoms with E-state index < -0.39 is 11.6 Å². The summed E-state index contributed by atoms with van der Waals surface area (Å²) in [6.45, 7) is 3.26. The molecule has 1 aromatic rings. The van der Waals surface area contributed by atoms with Gasteiger partial charge < -0.3 is 10.1 Å². The second-order valence-corrected chi connectivity index (χ2v) is 4.91. The summed E-state index contributed by atoms with van der Waals surface area (Å²) in [6.07, 6.45) is 0. The number of fused-ring (bicyclic) bond motifs is 4. The zero-order valence-corrected chi connectivity index (χ0v) is 10.2. The Morgan fingerprint density at radius 2 is 2.11 bits per heavy atom. The third kappa shape index (κ3) is 1.40. The maximum Gasteiger partial charge on any atom is 0.318 e. The topological polar surface area (TPSA) is 67.4 Å². The average molecular weight is 246 g/mol. The predicted octanol–water partition coefficient (Wildman–Crippen LogP) is 1.35. The molecule has 18 heavy (non-hydrogen) atoms. The van der Waals surface area contributed by atoms with Gasteiger partial charge in [-0.1, -0.05) is 18.2 Å². The van der Waals surface area contributed by atoms with Crippen LogP contribution in [-0.4, -0.2) is 17.5 Å². The number of para-hydroxylation sites is 1. The second kappa shape index (κ2) is 3.48. The summed E-state index contributed by atoms with van der Waals surface area (Å²) in [4.78, 5) is 23.5. The zero-order valence-electron chi connectivity index (χ0n) is 10.2. The van der Waals surface area contributed by atoms with Gasteiger partial charge in [0.1, 0.15) is 17.5 Å². The summed E-state index contributed by atoms with van der Waals surface area (Å²) < 4.78 is 5.84. The smallest absolute Gasteiger partial charge is 0.318 e. The van der Waals surface area contributed by atoms with Crippen molar-refractivity contribution in [2.45, 2.75) is 25.6 Å². The number of urea groups is 1. The van der Waals surface area contributed by atoms with Crippen LogP contribution in [0, 0.1) is 5.92 Å². The molecule has 0 radical (unpaired) electrons. The van der Waals surface area contributed by atoms with E-state index in [-0.39, 0.29) is 17.9 Å². The van der Waals surface area contributed by atoms with Crippen LogP contribution in [0.2, 0.25) is 0 Å². The van der Waals surface area contributed by atoms with Crippen molar-refractivity contribution in [3.05, 3.63) is 29.8 Å². The van der Waals surface area contributed by atoms with E-state index in [1.807, 2.05) is 24.3 Å². The van der Waals surface area contributed by atoms with Gasteiger partial charge in [0.15, 0.2) is 5.72 Å². The van der Waals surface area contributed by atoms with Gasteiger partial charge >= 0.3 is 6.03 Å². The van der Waals surface area contributed by atoms with E-state index >= 15 is 0 Å². The molecule has 0 saturated carbocycles. The first-order chi connectivity index (χ1) is 8.51. The van der Waals surface area contributed by atoms with Crippen molar-refractivity contribution in [2.24, 2.45) is 5.92 Å². The first-order valence-electron chi connectivity index (χ1n) is 5.88. The molecule has 1 fully saturated rings. The van der Waals surface area contributed by atoms with Gasteiger partial charge in [-0.2, -0.15) is 0 Å². The average Bonchev–Trinajstić information content (AvgIpc) is 2.26. The first-order valence-corrected chi connectivity index (χ1v) is 5.88. The largest absolute Gasteiger partial charge is 0.467 e. The van der Waals surface area contributed by atoms with Gasteiger partial charge in [0.25, 0.3) is 0 Å². The molecule has 1 saturated heterocycles. The normalized spacial score (nSPS) is 32.7. The SMILES string of the molecule is CC(=O)[C@@H]1[C@@H]2NC(=O)N[C@]1(C)Oc1ccccc12. The fraction of sp³-hybridized carbons (Fsp3) is 0.385. The monoisotopic (exact) mass is 246 g/mol. The molecule has 2 amide bonds. The lowest BCUT2D eigenvalue weighted by Gasteiger charge is -2.49. The molecule has 5 nitrogen and oxygen atoms in total. The third-order valence-electron chi connectivity index (χ3n) is 3.59. The molecule has 2 bridgehead atoms. The Hall–Kier alpha value is -2.04. The maximum atomic E-state index is 11.9. The van der Waals surface area contributed by atoms with Gasteiger partial charge in [0, 0.05) is 5.56 Å². The van der Waals surface area contributed by atoms with Crippen molar-refractivity contribution in [1.29, 1.82) is 0 Å². The standard InChI is InChI=1S/C13H14N2O3/c1-7(16)10-11-8-5-3-4-6-9(8)18-13(10,2)15-12(17)14-11/h3-6,10-11H,1-2H3,(H2,14,15,17)/t10-,11-,13-/m1/s1. The highest BCUT2D eigenvalue weighted by atomic mass is 16.5. The molecular weight excluding hydrogens is 232 g/mol. The number of amides is 2. The zero-order chi connectivity index (χ0) is 12.9. The van der Waals surface area contributed by atoms with Crippen LogP contribution in [-0.2, 0) is 4.79 Å². The van der Waals surface area contributed by atoms with Crippen molar-refractivity contribution >= 4 is 11.8 Å². The molecule has 3 rings (SSSR count). The Morgan fingerprint density at radius 1 is 1.39 bits per heavy atom. The molecule has 0 aromatic heterocycles. The molecule has 5 heteroatoms. The van der Waals surface area contributed by atoms with E-state index in [0.29, 0.717) is 5.75 Å². The van der Waals surface area contributed by atoms with Gasteiger partial charge in [0.05, 0.1) is 6.04 Å². The van der Waals surface area contributed by atoms with Crippen LogP contribution >= 0.6 is 0 Å². The first kappa shape index (κ1) is 11.1. The van der Waals surface area contributed by atoms with Crippen LogP contribution in [0.4, 0.5) is 4.79 Å². The lowest BCUT2D eigenvalue weighted by Crippen LogP contribution is -2.69. The highest BCUT2D eigenvalue weighted by Crippen LogP contribution is 2.44. The Morgan fingerprint density at radius 3 is 2.83 bits per heavy atom. The molecule has 0 spiro atoms. The number of rotatable bonds is 1. The maximum absolute atomic E-state index is 11.9. The van der Waals surface area contributed by atoms with E-state index in [1.54, 1.807) is 6.92 Å². The highest BCUT2D eigenvalue weighted by molar-refractivity contribution is 5.86. The summed E-state index contributed by atoms with van der Waals surface area (Å²) in [7, 11) is 0. The van der Waals surface area contributed by atoms with Crippen molar-refractivity contribution in [2.75, 3.05) is 0 Å². The molecule has 3 atom stereocenters. The summed E-state index contributed by atoms with van der Waals surface area (Å²) in [5.41, 5.74) is -0.127. The predicted molar refractivity (Wildman–Crippen MR) is 64.1 cm³/mol. The lowest BCUT2D eigenvalue weighted by atomic mass is 9.78. The van der Waals surface area contributed by atoms with E-state index in [9.17, 15) is 9.59 Å². The summed E-state index contributed by atoms with van der Waals surface area (Å²) in [5.74, 6) is 0.268. The van der Waals surface area contributed by atoms with Gasteiger partial charge in [-0.25, -0.2) is 4.79 Å². The number of hydrogen-bond acceptors (Lipinski definition) is 3. The minimum absolute atomic E-state index is 0.00972. The van der Waals surface area contributed by atoms with E-state index in [4.69, 9.17) is 4.74 Å². The molecule has 0 unspecified atom stereocenters. The number of Topliss-reactive ketones (excluding diaryl/α,β-unsaturated/α-hetero) is 1. The number of nitrogens with one attached hydrogen (secondary N) is 2. The summed E-state index contributed by atoms with van der Waals surface area (Å²) >= 11 is 0. The minimum atomic E-state index is -0.979. The molecule has 0 aliphatic carbocycles. The van der Waals surface area contributed by atoms with Crippen molar-refractivity contribution in [3.8, 4) is 5.75 Å². The van der Waals surface area contributed by atoms with Crippen LogP contribution in [0.1, 0.15) is 25.5 Å². The highest BCUT2D eigenvalue weighted by Gasteiger charge is 2.54. The fourth-order valence-corrected chi connectivity index (χ4v) is 2.91. The summed E-state index contributed by atoms with van der Waals surface area (Å²) in [6, 6.07) is 6.82. The van der Waals surface area contributed by atoms with Crippen LogP contribution in [0.3, 0.4) is 0 Å². The van der Waals surface area contributed by atoms with Crippen LogP contribution in [0.5, 0.6) is 5.75 Å². The number of hydrogen-bond donors (Lipinski definition) is 2.